The summed E-state index contributed by atoms with van der Waals surface area (Å²) in [7, 11) is 0. The van der Waals surface area contributed by atoms with Crippen LogP contribution in [-0.2, 0) is 14.3 Å². The van der Waals surface area contributed by atoms with Crippen LogP contribution in [0.1, 0.15) is 32.6 Å². The molecule has 1 aliphatic rings. The van der Waals surface area contributed by atoms with E-state index in [0.717, 1.165) is 5.75 Å². The van der Waals surface area contributed by atoms with Crippen LogP contribution in [0.3, 0.4) is 0 Å². The van der Waals surface area contributed by atoms with E-state index in [1.807, 2.05) is 6.92 Å². The van der Waals surface area contributed by atoms with Gasteiger partial charge in [-0.1, -0.05) is 42.9 Å². The minimum Gasteiger partial charge on any atom is -0.459 e. The number of hydrogen-bond donors (Lipinski definition) is 1. The average Bonchev–Trinajstić information content (AvgIpc) is 3.07. The molecule has 0 aliphatic heterocycles. The Balaban J connectivity index is 1.98. The maximum atomic E-state index is 13.0. The molecule has 0 saturated heterocycles. The number of nitrogens with zero attached hydrogens (tertiary/aromatic N) is 2. The van der Waals surface area contributed by atoms with Gasteiger partial charge in [0.05, 0.1) is 11.8 Å². The molecule has 1 aliphatic carbocycles. The van der Waals surface area contributed by atoms with Gasteiger partial charge in [0.1, 0.15) is 0 Å². The van der Waals surface area contributed by atoms with Crippen molar-refractivity contribution in [2.75, 3.05) is 17.7 Å². The van der Waals surface area contributed by atoms with Crippen LogP contribution in [0.25, 0.3) is 0 Å². The Labute approximate surface area is 161 Å². The highest BCUT2D eigenvalue weighted by molar-refractivity contribution is 8.01. The van der Waals surface area contributed by atoms with Crippen LogP contribution >= 0.6 is 23.1 Å². The lowest BCUT2D eigenvalue weighted by Gasteiger charge is -2.29. The van der Waals surface area contributed by atoms with Gasteiger partial charge in [0, 0.05) is 0 Å². The summed E-state index contributed by atoms with van der Waals surface area (Å²) < 4.78 is 55.4. The van der Waals surface area contributed by atoms with E-state index in [1.54, 1.807) is 0 Å². The van der Waals surface area contributed by atoms with Gasteiger partial charge in [0.2, 0.25) is 11.0 Å². The fourth-order valence-electron chi connectivity index (χ4n) is 2.70. The minimum absolute atomic E-state index is 0.268. The maximum absolute atomic E-state index is 13.0. The average molecular weight is 429 g/mol. The third-order valence-electron chi connectivity index (χ3n) is 4.04. The quantitative estimate of drug-likeness (QED) is 0.293. The third kappa shape index (κ3) is 6.03. The van der Waals surface area contributed by atoms with E-state index in [2.05, 4.69) is 20.3 Å². The zero-order valence-electron chi connectivity index (χ0n) is 14.4. The van der Waals surface area contributed by atoms with Crippen molar-refractivity contribution < 1.29 is 31.9 Å². The normalized spacial score (nSPS) is 20.5. The molecule has 12 heteroatoms. The molecule has 1 saturated carbocycles. The molecule has 1 fully saturated rings. The summed E-state index contributed by atoms with van der Waals surface area (Å²) in [6, 6.07) is 0. The molecule has 2 atom stereocenters. The predicted octanol–water partition coefficient (Wildman–Crippen LogP) is 3.84. The summed E-state index contributed by atoms with van der Waals surface area (Å²) >= 11 is 2.65. The standard InChI is InChI=1S/C15H19F4N3O3S2/c1-2-26-14-22-21-13(27-14)20-10(23)8-5-3-4-6-9(8)11(24)25-7-15(18,19)12(16)17/h8-9,12H,2-7H2,1H3,(H,20,21,23)/t8-,9+/m0/s1. The molecule has 0 radical (unpaired) electrons. The fourth-order valence-corrected chi connectivity index (χ4v) is 4.36. The van der Waals surface area contributed by atoms with E-state index >= 15 is 0 Å². The molecule has 27 heavy (non-hydrogen) atoms. The Bertz CT molecular complexity index is 660. The number of amides is 1. The summed E-state index contributed by atoms with van der Waals surface area (Å²) in [5.74, 6) is -6.91. The summed E-state index contributed by atoms with van der Waals surface area (Å²) in [6.07, 6.45) is -1.99. The number of alkyl halides is 4. The first-order valence-electron chi connectivity index (χ1n) is 8.34. The molecule has 1 aromatic heterocycles. The number of carbonyl (C=O) groups excluding carboxylic acids is 2. The van der Waals surface area contributed by atoms with E-state index in [9.17, 15) is 27.2 Å². The minimum atomic E-state index is -4.41. The predicted molar refractivity (Wildman–Crippen MR) is 92.3 cm³/mol. The number of rotatable bonds is 8. The van der Waals surface area contributed by atoms with Crippen molar-refractivity contribution in [3.8, 4) is 0 Å². The van der Waals surface area contributed by atoms with Gasteiger partial charge in [-0.25, -0.2) is 8.78 Å². The van der Waals surface area contributed by atoms with Crippen molar-refractivity contribution in [2.45, 2.75) is 49.3 Å². The summed E-state index contributed by atoms with van der Waals surface area (Å²) in [5.41, 5.74) is 0. The zero-order valence-corrected chi connectivity index (χ0v) is 16.1. The lowest BCUT2D eigenvalue weighted by atomic mass is 9.78. The first-order chi connectivity index (χ1) is 12.7. The Morgan fingerprint density at radius 1 is 1.30 bits per heavy atom. The maximum Gasteiger partial charge on any atom is 0.340 e. The van der Waals surface area contributed by atoms with E-state index in [4.69, 9.17) is 0 Å². The molecule has 1 heterocycles. The van der Waals surface area contributed by atoms with Gasteiger partial charge in [-0.3, -0.25) is 9.59 Å². The Morgan fingerprint density at radius 2 is 1.96 bits per heavy atom. The molecule has 2 rings (SSSR count). The molecular formula is C15H19F4N3O3S2. The van der Waals surface area contributed by atoms with Crippen molar-refractivity contribution in [1.82, 2.24) is 10.2 Å². The summed E-state index contributed by atoms with van der Waals surface area (Å²) in [5, 5.41) is 10.6. The molecule has 6 nitrogen and oxygen atoms in total. The van der Waals surface area contributed by atoms with Gasteiger partial charge in [-0.2, -0.15) is 8.78 Å². The highest BCUT2D eigenvalue weighted by atomic mass is 32.2. The number of nitrogens with one attached hydrogen (secondary N) is 1. The number of hydrogen-bond acceptors (Lipinski definition) is 7. The van der Waals surface area contributed by atoms with Gasteiger partial charge < -0.3 is 10.1 Å². The molecule has 0 bridgehead atoms. The Morgan fingerprint density at radius 3 is 2.59 bits per heavy atom. The largest absolute Gasteiger partial charge is 0.459 e. The van der Waals surface area contributed by atoms with Crippen molar-refractivity contribution in [3.63, 3.8) is 0 Å². The molecule has 1 N–H and O–H groups in total. The van der Waals surface area contributed by atoms with Crippen LogP contribution in [0, 0.1) is 11.8 Å². The second-order valence-corrected chi connectivity index (χ2v) is 8.45. The molecule has 0 aromatic carbocycles. The zero-order chi connectivity index (χ0) is 20.0. The molecule has 0 spiro atoms. The van der Waals surface area contributed by atoms with E-state index in [0.29, 0.717) is 23.6 Å². The van der Waals surface area contributed by atoms with Crippen molar-refractivity contribution in [2.24, 2.45) is 11.8 Å². The van der Waals surface area contributed by atoms with Gasteiger partial charge in [-0.15, -0.1) is 10.2 Å². The van der Waals surface area contributed by atoms with E-state index < -0.39 is 42.7 Å². The molecule has 1 amide bonds. The highest BCUT2D eigenvalue weighted by Crippen LogP contribution is 2.34. The van der Waals surface area contributed by atoms with E-state index in [1.165, 1.54) is 23.1 Å². The first kappa shape index (κ1) is 21.9. The van der Waals surface area contributed by atoms with Crippen LogP contribution in [0.15, 0.2) is 4.34 Å². The second-order valence-electron chi connectivity index (χ2n) is 5.96. The molecular weight excluding hydrogens is 410 g/mol. The fraction of sp³-hybridized carbons (Fsp3) is 0.733. The number of halogens is 4. The van der Waals surface area contributed by atoms with Gasteiger partial charge in [0.25, 0.3) is 0 Å². The van der Waals surface area contributed by atoms with Crippen LogP contribution in [0.4, 0.5) is 22.7 Å². The lowest BCUT2D eigenvalue weighted by Crippen LogP contribution is -2.39. The van der Waals surface area contributed by atoms with Crippen molar-refractivity contribution in [1.29, 1.82) is 0 Å². The molecule has 152 valence electrons. The van der Waals surface area contributed by atoms with Crippen LogP contribution in [0.5, 0.6) is 0 Å². The number of esters is 1. The van der Waals surface area contributed by atoms with Gasteiger partial charge >= 0.3 is 18.3 Å². The number of aromatic nitrogens is 2. The first-order valence-corrected chi connectivity index (χ1v) is 10.1. The second kappa shape index (κ2) is 9.67. The van der Waals surface area contributed by atoms with Crippen LogP contribution in [-0.4, -0.2) is 46.8 Å². The van der Waals surface area contributed by atoms with Crippen LogP contribution < -0.4 is 5.32 Å². The smallest absolute Gasteiger partial charge is 0.340 e. The van der Waals surface area contributed by atoms with Crippen molar-refractivity contribution >= 4 is 40.1 Å². The Kier molecular flexibility index (Phi) is 7.83. The topological polar surface area (TPSA) is 81.2 Å². The monoisotopic (exact) mass is 429 g/mol. The third-order valence-corrected chi connectivity index (χ3v) is 5.89. The summed E-state index contributed by atoms with van der Waals surface area (Å²) in [4.78, 5) is 24.6. The molecule has 0 unspecified atom stereocenters. The van der Waals surface area contributed by atoms with Gasteiger partial charge in [-0.05, 0) is 18.6 Å². The highest BCUT2D eigenvalue weighted by Gasteiger charge is 2.44. The van der Waals surface area contributed by atoms with Crippen LogP contribution in [0.2, 0.25) is 0 Å². The number of carbonyl (C=O) groups is 2. The SMILES string of the molecule is CCSc1nnc(NC(=O)[C@H]2CCCC[C@H]2C(=O)OCC(F)(F)C(F)F)s1. The molecule has 1 aromatic rings. The number of ether oxygens (including phenoxy) is 1. The summed E-state index contributed by atoms with van der Waals surface area (Å²) in [6.45, 7) is 0.239. The Hall–Kier alpha value is -1.43. The van der Waals surface area contributed by atoms with Crippen molar-refractivity contribution in [3.05, 3.63) is 0 Å². The van der Waals surface area contributed by atoms with Gasteiger partial charge in [0.15, 0.2) is 10.9 Å². The number of thioether (sulfide) groups is 1. The lowest BCUT2D eigenvalue weighted by molar-refractivity contribution is -0.184. The van der Waals surface area contributed by atoms with E-state index in [-0.39, 0.29) is 11.6 Å². The number of anilines is 1.